The number of nitrogens with zero attached hydrogens (tertiary/aromatic N) is 5. The predicted octanol–water partition coefficient (Wildman–Crippen LogP) is 4.88. The molecule has 2 aromatic carbocycles. The van der Waals surface area contributed by atoms with Crippen molar-refractivity contribution in [2.75, 3.05) is 63.7 Å². The summed E-state index contributed by atoms with van der Waals surface area (Å²) in [5.74, 6) is 1.87. The lowest BCUT2D eigenvalue weighted by Gasteiger charge is -2.36. The second kappa shape index (κ2) is 12.7. The van der Waals surface area contributed by atoms with Crippen LogP contribution >= 0.6 is 11.6 Å². The van der Waals surface area contributed by atoms with Gasteiger partial charge < -0.3 is 29.5 Å². The van der Waals surface area contributed by atoms with Crippen LogP contribution in [0.2, 0.25) is 5.15 Å². The minimum absolute atomic E-state index is 0.0648. The van der Waals surface area contributed by atoms with Crippen molar-refractivity contribution >= 4 is 29.1 Å². The standard InChI is InChI=1S/C30H37ClN6O3/c1-4-35-15-17-36(18-16-35)25-8-5-7-22-23(25)20-37(29(22)38)24(21-10-11-26(39-2)27(19-21)40-3)9-6-13-32-30-33-14-12-28(31)34-30/h5,7-8,10-12,14,19,24H,4,6,9,13,15-18,20H2,1-3H3,(H,32,33,34)/t24-/m1/s1. The molecule has 0 unspecified atom stereocenters. The van der Waals surface area contributed by atoms with Crippen molar-refractivity contribution in [2.24, 2.45) is 0 Å². The third-order valence-electron chi connectivity index (χ3n) is 7.86. The molecule has 0 saturated carbocycles. The van der Waals surface area contributed by atoms with Crippen molar-refractivity contribution in [2.45, 2.75) is 32.4 Å². The maximum absolute atomic E-state index is 13.9. The molecule has 1 amide bonds. The minimum Gasteiger partial charge on any atom is -0.493 e. The first kappa shape index (κ1) is 28.0. The van der Waals surface area contributed by atoms with Gasteiger partial charge in [0.05, 0.1) is 20.3 Å². The van der Waals surface area contributed by atoms with Crippen LogP contribution in [0.5, 0.6) is 11.5 Å². The molecule has 0 bridgehead atoms. The van der Waals surface area contributed by atoms with Gasteiger partial charge in [-0.1, -0.05) is 30.7 Å². The molecule has 2 aliphatic rings. The quantitative estimate of drug-likeness (QED) is 0.261. The van der Waals surface area contributed by atoms with E-state index in [9.17, 15) is 4.79 Å². The van der Waals surface area contributed by atoms with E-state index in [0.29, 0.717) is 35.7 Å². The number of piperazine rings is 1. The van der Waals surface area contributed by atoms with Gasteiger partial charge in [0.15, 0.2) is 11.5 Å². The molecule has 3 aromatic rings. The zero-order valence-electron chi connectivity index (χ0n) is 23.4. The predicted molar refractivity (Wildman–Crippen MR) is 158 cm³/mol. The number of aromatic nitrogens is 2. The molecule has 0 spiro atoms. The van der Waals surface area contributed by atoms with E-state index in [4.69, 9.17) is 21.1 Å². The van der Waals surface area contributed by atoms with Crippen LogP contribution in [0.3, 0.4) is 0 Å². The maximum Gasteiger partial charge on any atom is 0.255 e. The number of carbonyl (C=O) groups is 1. The number of ether oxygens (including phenoxy) is 2. The summed E-state index contributed by atoms with van der Waals surface area (Å²) >= 11 is 6.01. The van der Waals surface area contributed by atoms with Crippen LogP contribution in [-0.4, -0.2) is 79.2 Å². The molecule has 1 saturated heterocycles. The Hall–Kier alpha value is -3.56. The second-order valence-electron chi connectivity index (χ2n) is 10.1. The molecule has 5 rings (SSSR count). The lowest BCUT2D eigenvalue weighted by molar-refractivity contribution is 0.0690. The Balaban J connectivity index is 1.38. The van der Waals surface area contributed by atoms with Gasteiger partial charge in [-0.3, -0.25) is 4.79 Å². The Labute approximate surface area is 241 Å². The molecule has 3 heterocycles. The van der Waals surface area contributed by atoms with Gasteiger partial charge in [0.2, 0.25) is 5.95 Å². The highest BCUT2D eigenvalue weighted by Crippen LogP contribution is 2.40. The number of anilines is 2. The van der Waals surface area contributed by atoms with Crippen LogP contribution in [-0.2, 0) is 6.54 Å². The number of methoxy groups -OCH3 is 2. The molecule has 0 aliphatic carbocycles. The van der Waals surface area contributed by atoms with Crippen LogP contribution in [0.15, 0.2) is 48.7 Å². The Morgan fingerprint density at radius 2 is 1.85 bits per heavy atom. The summed E-state index contributed by atoms with van der Waals surface area (Å²) in [6.07, 6.45) is 3.16. The first-order valence-corrected chi connectivity index (χ1v) is 14.2. The van der Waals surface area contributed by atoms with Gasteiger partial charge in [-0.05, 0) is 55.3 Å². The van der Waals surface area contributed by atoms with E-state index in [1.54, 1.807) is 26.5 Å². The number of fused-ring (bicyclic) bond motifs is 1. The number of hydrogen-bond donors (Lipinski definition) is 1. The van der Waals surface area contributed by atoms with E-state index >= 15 is 0 Å². The zero-order chi connectivity index (χ0) is 28.1. The van der Waals surface area contributed by atoms with E-state index in [-0.39, 0.29) is 11.9 Å². The van der Waals surface area contributed by atoms with E-state index in [2.05, 4.69) is 38.1 Å². The van der Waals surface area contributed by atoms with Gasteiger partial charge in [0, 0.05) is 62.3 Å². The molecule has 10 heteroatoms. The molecule has 1 aromatic heterocycles. The van der Waals surface area contributed by atoms with Crippen molar-refractivity contribution in [3.05, 3.63) is 70.5 Å². The number of nitrogens with one attached hydrogen (secondary N) is 1. The highest BCUT2D eigenvalue weighted by molar-refractivity contribution is 6.29. The second-order valence-corrected chi connectivity index (χ2v) is 10.4. The van der Waals surface area contributed by atoms with Gasteiger partial charge in [0.1, 0.15) is 5.15 Å². The van der Waals surface area contributed by atoms with E-state index in [1.165, 1.54) is 5.69 Å². The normalized spacial score (nSPS) is 16.1. The molecule has 212 valence electrons. The maximum atomic E-state index is 13.9. The van der Waals surface area contributed by atoms with Crippen molar-refractivity contribution in [1.82, 2.24) is 19.8 Å². The summed E-state index contributed by atoms with van der Waals surface area (Å²) in [7, 11) is 3.26. The fourth-order valence-corrected chi connectivity index (χ4v) is 5.81. The number of rotatable bonds is 11. The molecule has 1 N–H and O–H groups in total. The van der Waals surface area contributed by atoms with Gasteiger partial charge >= 0.3 is 0 Å². The SMILES string of the molecule is CCN1CCN(c2cccc3c2CN([C@H](CCCNc2nccc(Cl)n2)c2ccc(OC)c(OC)c2)C3=O)CC1. The van der Waals surface area contributed by atoms with Gasteiger partial charge in [-0.25, -0.2) is 9.97 Å². The van der Waals surface area contributed by atoms with Crippen LogP contribution in [0.4, 0.5) is 11.6 Å². The van der Waals surface area contributed by atoms with E-state index < -0.39 is 0 Å². The van der Waals surface area contributed by atoms with Crippen molar-refractivity contribution in [3.8, 4) is 11.5 Å². The Kier molecular flexibility index (Phi) is 8.91. The third kappa shape index (κ3) is 5.95. The number of carbonyl (C=O) groups excluding carboxylic acids is 1. The highest BCUT2D eigenvalue weighted by atomic mass is 35.5. The number of amides is 1. The summed E-state index contributed by atoms with van der Waals surface area (Å²) in [6, 6.07) is 13.6. The Bertz CT molecular complexity index is 1330. The van der Waals surface area contributed by atoms with Crippen LogP contribution < -0.4 is 19.7 Å². The minimum atomic E-state index is -0.147. The molecular weight excluding hydrogens is 528 g/mol. The lowest BCUT2D eigenvalue weighted by atomic mass is 9.99. The topological polar surface area (TPSA) is 83.1 Å². The molecule has 9 nitrogen and oxygen atoms in total. The van der Waals surface area contributed by atoms with Crippen LogP contribution in [0, 0.1) is 0 Å². The molecule has 40 heavy (non-hydrogen) atoms. The van der Waals surface area contributed by atoms with Crippen molar-refractivity contribution in [3.63, 3.8) is 0 Å². The first-order valence-electron chi connectivity index (χ1n) is 13.9. The number of hydrogen-bond acceptors (Lipinski definition) is 8. The van der Waals surface area contributed by atoms with Gasteiger partial charge in [-0.2, -0.15) is 0 Å². The van der Waals surface area contributed by atoms with Gasteiger partial charge in [0.25, 0.3) is 5.91 Å². The summed E-state index contributed by atoms with van der Waals surface area (Å²) in [6.45, 7) is 8.50. The summed E-state index contributed by atoms with van der Waals surface area (Å²) in [5.41, 5.74) is 4.10. The lowest BCUT2D eigenvalue weighted by Crippen LogP contribution is -2.46. The number of likely N-dealkylation sites (N-methyl/N-ethyl adjacent to an activating group) is 1. The van der Waals surface area contributed by atoms with E-state index in [0.717, 1.165) is 62.3 Å². The Morgan fingerprint density at radius 1 is 1.05 bits per heavy atom. The average molecular weight is 565 g/mol. The molecule has 1 atom stereocenters. The smallest absolute Gasteiger partial charge is 0.255 e. The monoisotopic (exact) mass is 564 g/mol. The highest BCUT2D eigenvalue weighted by Gasteiger charge is 2.36. The van der Waals surface area contributed by atoms with Crippen molar-refractivity contribution < 1.29 is 14.3 Å². The summed E-state index contributed by atoms with van der Waals surface area (Å²) in [4.78, 5) is 29.3. The molecule has 0 radical (unpaired) electrons. The number of benzene rings is 2. The largest absolute Gasteiger partial charge is 0.493 e. The van der Waals surface area contributed by atoms with Crippen molar-refractivity contribution in [1.29, 1.82) is 0 Å². The zero-order valence-corrected chi connectivity index (χ0v) is 24.2. The average Bonchev–Trinajstić information content (AvgIpc) is 3.33. The fraction of sp³-hybridized carbons (Fsp3) is 0.433. The first-order chi connectivity index (χ1) is 19.5. The van der Waals surface area contributed by atoms with E-state index in [1.807, 2.05) is 35.2 Å². The Morgan fingerprint density at radius 3 is 2.58 bits per heavy atom. The fourth-order valence-electron chi connectivity index (χ4n) is 5.67. The summed E-state index contributed by atoms with van der Waals surface area (Å²) in [5, 5.41) is 3.64. The molecule has 2 aliphatic heterocycles. The van der Waals surface area contributed by atoms with Crippen LogP contribution in [0.25, 0.3) is 0 Å². The third-order valence-corrected chi connectivity index (χ3v) is 8.07. The number of halogens is 1. The van der Waals surface area contributed by atoms with Crippen LogP contribution in [0.1, 0.15) is 47.3 Å². The molecular formula is C30H37ClN6O3. The molecule has 1 fully saturated rings. The van der Waals surface area contributed by atoms with Gasteiger partial charge in [-0.15, -0.1) is 0 Å². The summed E-state index contributed by atoms with van der Waals surface area (Å²) < 4.78 is 11.1.